The van der Waals surface area contributed by atoms with Crippen molar-refractivity contribution in [2.45, 2.75) is 83.1 Å². The van der Waals surface area contributed by atoms with Gasteiger partial charge in [0.2, 0.25) is 12.7 Å². The fourth-order valence-corrected chi connectivity index (χ4v) is 6.25. The van der Waals surface area contributed by atoms with Gasteiger partial charge < -0.3 is 19.7 Å². The van der Waals surface area contributed by atoms with E-state index in [0.29, 0.717) is 30.6 Å². The number of ether oxygens (including phenoxy) is 2. The van der Waals surface area contributed by atoms with Crippen LogP contribution in [0.1, 0.15) is 82.6 Å². The molecule has 0 bridgehead atoms. The Bertz CT molecular complexity index is 779. The van der Waals surface area contributed by atoms with Crippen molar-refractivity contribution in [1.29, 1.82) is 0 Å². The Balaban J connectivity index is 1.02. The van der Waals surface area contributed by atoms with E-state index in [9.17, 15) is 4.79 Å². The summed E-state index contributed by atoms with van der Waals surface area (Å²) in [6, 6.07) is 6.81. The van der Waals surface area contributed by atoms with Crippen LogP contribution in [0.25, 0.3) is 0 Å². The lowest BCUT2D eigenvalue weighted by Crippen LogP contribution is -2.35. The van der Waals surface area contributed by atoms with Crippen LogP contribution in [0.2, 0.25) is 0 Å². The van der Waals surface area contributed by atoms with Gasteiger partial charge in [0.25, 0.3) is 0 Å². The number of carbonyl (C=O) groups is 1. The van der Waals surface area contributed by atoms with E-state index in [1.54, 1.807) is 0 Å². The molecule has 1 amide bonds. The quantitative estimate of drug-likeness (QED) is 0.677. The summed E-state index contributed by atoms with van der Waals surface area (Å²) in [5.74, 6) is 3.63. The average molecular weight is 427 g/mol. The molecular weight excluding hydrogens is 388 g/mol. The van der Waals surface area contributed by atoms with E-state index in [1.807, 2.05) is 6.07 Å². The van der Waals surface area contributed by atoms with Gasteiger partial charge in [-0.05, 0) is 101 Å². The van der Waals surface area contributed by atoms with Crippen molar-refractivity contribution in [3.63, 3.8) is 0 Å². The number of benzene rings is 1. The molecule has 2 saturated carbocycles. The maximum absolute atomic E-state index is 11.9. The normalized spacial score (nSPS) is 30.5. The number of amides is 1. The second-order valence-corrected chi connectivity index (χ2v) is 10.4. The molecule has 1 atom stereocenters. The van der Waals surface area contributed by atoms with Crippen LogP contribution in [0.3, 0.4) is 0 Å². The van der Waals surface area contributed by atoms with Crippen LogP contribution in [-0.2, 0) is 4.79 Å². The largest absolute Gasteiger partial charge is 0.454 e. The molecule has 5 rings (SSSR count). The monoisotopic (exact) mass is 426 g/mol. The molecule has 1 N–H and O–H groups in total. The second kappa shape index (κ2) is 9.01. The highest BCUT2D eigenvalue weighted by atomic mass is 16.7. The van der Waals surface area contributed by atoms with Crippen molar-refractivity contribution in [3.05, 3.63) is 23.8 Å². The molecule has 1 aromatic carbocycles. The van der Waals surface area contributed by atoms with Gasteiger partial charge in [0, 0.05) is 18.0 Å². The van der Waals surface area contributed by atoms with Gasteiger partial charge in [-0.2, -0.15) is 0 Å². The van der Waals surface area contributed by atoms with Gasteiger partial charge in [-0.15, -0.1) is 0 Å². The van der Waals surface area contributed by atoms with Crippen LogP contribution < -0.4 is 14.8 Å². The topological polar surface area (TPSA) is 50.8 Å². The molecular formula is C26H38N2O3. The van der Waals surface area contributed by atoms with E-state index in [4.69, 9.17) is 9.47 Å². The molecule has 3 fully saturated rings. The van der Waals surface area contributed by atoms with Crippen molar-refractivity contribution in [1.82, 2.24) is 10.2 Å². The van der Waals surface area contributed by atoms with Gasteiger partial charge >= 0.3 is 0 Å². The van der Waals surface area contributed by atoms with Crippen molar-refractivity contribution >= 4 is 5.91 Å². The number of likely N-dealkylation sites (tertiary alicyclic amines) is 1. The third kappa shape index (κ3) is 4.57. The van der Waals surface area contributed by atoms with Crippen LogP contribution in [0.4, 0.5) is 0 Å². The van der Waals surface area contributed by atoms with Crippen LogP contribution in [0.15, 0.2) is 18.2 Å². The fraction of sp³-hybridized carbons (Fsp3) is 0.731. The number of para-hydroxylation sites is 1. The standard InChI is InChI=1S/C26H38N2O3/c1-2-4-24(29)27-23-17-26(23)12-7-19(8-13-26)9-14-28-15-10-20(11-16-28)21-5-3-6-22-25(21)31-18-30-22/h3,5-6,19-20,23H,2,4,7-18H2,1H3,(H,27,29). The van der Waals surface area contributed by atoms with Crippen molar-refractivity contribution in [3.8, 4) is 11.5 Å². The molecule has 170 valence electrons. The first-order valence-electron chi connectivity index (χ1n) is 12.6. The number of fused-ring (bicyclic) bond motifs is 1. The number of hydrogen-bond donors (Lipinski definition) is 1. The molecule has 31 heavy (non-hydrogen) atoms. The van der Waals surface area contributed by atoms with Gasteiger partial charge in [-0.25, -0.2) is 0 Å². The third-order valence-electron chi connectivity index (χ3n) is 8.41. The van der Waals surface area contributed by atoms with Gasteiger partial charge in [-0.1, -0.05) is 19.1 Å². The number of hydrogen-bond acceptors (Lipinski definition) is 4. The molecule has 5 nitrogen and oxygen atoms in total. The molecule has 4 aliphatic rings. The highest BCUT2D eigenvalue weighted by Gasteiger charge is 2.55. The molecule has 1 spiro atoms. The van der Waals surface area contributed by atoms with E-state index < -0.39 is 0 Å². The molecule has 0 radical (unpaired) electrons. The number of rotatable bonds is 7. The summed E-state index contributed by atoms with van der Waals surface area (Å²) >= 11 is 0. The minimum atomic E-state index is 0.259. The number of nitrogens with zero attached hydrogens (tertiary/aromatic N) is 1. The maximum Gasteiger partial charge on any atom is 0.231 e. The summed E-state index contributed by atoms with van der Waals surface area (Å²) in [4.78, 5) is 14.6. The summed E-state index contributed by atoms with van der Waals surface area (Å²) in [6.45, 7) is 6.06. The van der Waals surface area contributed by atoms with Gasteiger partial charge in [0.05, 0.1) is 0 Å². The second-order valence-electron chi connectivity index (χ2n) is 10.4. The Labute approximate surface area is 186 Å². The zero-order valence-corrected chi connectivity index (χ0v) is 19.0. The Morgan fingerprint density at radius 3 is 2.74 bits per heavy atom. The molecule has 1 unspecified atom stereocenters. The van der Waals surface area contributed by atoms with Crippen LogP contribution in [0.5, 0.6) is 11.5 Å². The molecule has 2 aliphatic carbocycles. The Morgan fingerprint density at radius 1 is 1.16 bits per heavy atom. The minimum absolute atomic E-state index is 0.259. The number of nitrogens with one attached hydrogen (secondary N) is 1. The van der Waals surface area contributed by atoms with Crippen molar-refractivity contribution < 1.29 is 14.3 Å². The Hall–Kier alpha value is -1.75. The van der Waals surface area contributed by atoms with Gasteiger partial charge in [-0.3, -0.25) is 4.79 Å². The summed E-state index contributed by atoms with van der Waals surface area (Å²) in [7, 11) is 0. The molecule has 1 aromatic rings. The zero-order chi connectivity index (χ0) is 21.3. The van der Waals surface area contributed by atoms with Crippen LogP contribution >= 0.6 is 0 Å². The van der Waals surface area contributed by atoms with Crippen molar-refractivity contribution in [2.24, 2.45) is 11.3 Å². The predicted octanol–water partition coefficient (Wildman–Crippen LogP) is 4.85. The Morgan fingerprint density at radius 2 is 1.97 bits per heavy atom. The molecule has 2 aliphatic heterocycles. The van der Waals surface area contributed by atoms with Gasteiger partial charge in [0.15, 0.2) is 11.5 Å². The summed E-state index contributed by atoms with van der Waals surface area (Å²) in [5, 5.41) is 3.28. The molecule has 5 heteroatoms. The van der Waals surface area contributed by atoms with Gasteiger partial charge in [0.1, 0.15) is 0 Å². The lowest BCUT2D eigenvalue weighted by atomic mass is 9.78. The summed E-state index contributed by atoms with van der Waals surface area (Å²) in [5.41, 5.74) is 1.80. The zero-order valence-electron chi connectivity index (χ0n) is 19.0. The maximum atomic E-state index is 11.9. The number of carbonyl (C=O) groups excluding carboxylic acids is 1. The first kappa shape index (κ1) is 21.1. The highest BCUT2D eigenvalue weighted by molar-refractivity contribution is 5.76. The molecule has 1 saturated heterocycles. The smallest absolute Gasteiger partial charge is 0.231 e. The van der Waals surface area contributed by atoms with E-state index >= 15 is 0 Å². The third-order valence-corrected chi connectivity index (χ3v) is 8.41. The first-order valence-corrected chi connectivity index (χ1v) is 12.6. The molecule has 2 heterocycles. The SMILES string of the molecule is CCCC(=O)NC1CC12CCC(CCN1CCC(c3cccc4c3OCO4)CC1)CC2. The summed E-state index contributed by atoms with van der Waals surface area (Å²) < 4.78 is 11.3. The minimum Gasteiger partial charge on any atom is -0.454 e. The van der Waals surface area contributed by atoms with Crippen molar-refractivity contribution in [2.75, 3.05) is 26.4 Å². The van der Waals surface area contributed by atoms with E-state index in [0.717, 1.165) is 23.8 Å². The lowest BCUT2D eigenvalue weighted by Gasteiger charge is -2.35. The Kier molecular flexibility index (Phi) is 6.14. The summed E-state index contributed by atoms with van der Waals surface area (Å²) in [6.07, 6.45) is 12.0. The first-order chi connectivity index (χ1) is 15.2. The number of piperidine rings is 1. The average Bonchev–Trinajstić information content (AvgIpc) is 3.20. The lowest BCUT2D eigenvalue weighted by molar-refractivity contribution is -0.121. The predicted molar refractivity (Wildman–Crippen MR) is 121 cm³/mol. The van der Waals surface area contributed by atoms with Crippen LogP contribution in [0, 0.1) is 11.3 Å². The van der Waals surface area contributed by atoms with E-state index in [-0.39, 0.29) is 5.91 Å². The van der Waals surface area contributed by atoms with Crippen LogP contribution in [-0.4, -0.2) is 43.3 Å². The van der Waals surface area contributed by atoms with E-state index in [2.05, 4.69) is 29.3 Å². The molecule has 0 aromatic heterocycles. The highest BCUT2D eigenvalue weighted by Crippen LogP contribution is 2.57. The van der Waals surface area contributed by atoms with E-state index in [1.165, 1.54) is 76.6 Å². The fourth-order valence-electron chi connectivity index (χ4n) is 6.25.